The first-order chi connectivity index (χ1) is 15.0. The summed E-state index contributed by atoms with van der Waals surface area (Å²) < 4.78 is 26.1. The van der Waals surface area contributed by atoms with E-state index in [-0.39, 0.29) is 17.7 Å². The summed E-state index contributed by atoms with van der Waals surface area (Å²) >= 11 is 0. The van der Waals surface area contributed by atoms with E-state index in [2.05, 4.69) is 9.82 Å². The summed E-state index contributed by atoms with van der Waals surface area (Å²) in [7, 11) is -3.33. The molecule has 31 heavy (non-hydrogen) atoms. The van der Waals surface area contributed by atoms with Gasteiger partial charge in [-0.25, -0.2) is 13.4 Å². The highest BCUT2D eigenvalue weighted by Gasteiger charge is 2.33. The molecule has 3 aromatic rings. The fraction of sp³-hybridized carbons (Fsp3) is 0.167. The van der Waals surface area contributed by atoms with Crippen LogP contribution in [0.5, 0.6) is 0 Å². The van der Waals surface area contributed by atoms with Gasteiger partial charge in [0.2, 0.25) is 10.0 Å². The minimum atomic E-state index is -3.33. The monoisotopic (exact) mass is 433 g/mol. The molecular weight excluding hydrogens is 410 g/mol. The molecule has 1 heterocycles. The molecule has 7 heteroatoms. The van der Waals surface area contributed by atoms with E-state index >= 15 is 0 Å². The predicted octanol–water partition coefficient (Wildman–Crippen LogP) is 4.44. The van der Waals surface area contributed by atoms with E-state index < -0.39 is 10.0 Å². The third-order valence-electron chi connectivity index (χ3n) is 5.20. The maximum Gasteiger partial charge on any atom is 0.274 e. The Morgan fingerprint density at radius 2 is 1.58 bits per heavy atom. The van der Waals surface area contributed by atoms with Crippen LogP contribution in [0.1, 0.15) is 40.9 Å². The number of nitrogens with zero attached hydrogens (tertiary/aromatic N) is 2. The van der Waals surface area contributed by atoms with Crippen molar-refractivity contribution in [3.05, 3.63) is 102 Å². The van der Waals surface area contributed by atoms with E-state index in [0.717, 1.165) is 16.8 Å². The van der Waals surface area contributed by atoms with Gasteiger partial charge in [-0.3, -0.25) is 9.52 Å². The molecule has 4 rings (SSSR count). The topological polar surface area (TPSA) is 78.8 Å². The maximum absolute atomic E-state index is 13.2. The van der Waals surface area contributed by atoms with Crippen LogP contribution in [0.4, 0.5) is 5.69 Å². The minimum absolute atomic E-state index is 0.0107. The van der Waals surface area contributed by atoms with Crippen molar-refractivity contribution in [2.24, 2.45) is 5.10 Å². The second-order valence-electron chi connectivity index (χ2n) is 7.28. The zero-order chi connectivity index (χ0) is 21.8. The number of carbonyl (C=O) groups excluding carboxylic acids is 1. The van der Waals surface area contributed by atoms with E-state index in [1.807, 2.05) is 60.7 Å². The molecule has 1 aliphatic rings. The normalized spacial score (nSPS) is 16.1. The number of hydrogen-bond acceptors (Lipinski definition) is 4. The summed E-state index contributed by atoms with van der Waals surface area (Å²) in [6.07, 6.45) is 0.572. The molecule has 0 aliphatic carbocycles. The van der Waals surface area contributed by atoms with E-state index in [4.69, 9.17) is 0 Å². The fourth-order valence-corrected chi connectivity index (χ4v) is 4.14. The van der Waals surface area contributed by atoms with Crippen molar-refractivity contribution in [3.8, 4) is 0 Å². The van der Waals surface area contributed by atoms with Crippen LogP contribution < -0.4 is 4.72 Å². The summed E-state index contributed by atoms with van der Waals surface area (Å²) in [5, 5.41) is 6.22. The number of sulfonamides is 1. The number of hydrogen-bond donors (Lipinski definition) is 1. The standard InChI is InChI=1S/C24H23N3O3S/c1-2-31(29,30)26-21-15-13-18(14-16-21)22-17-23(19-9-5-3-6-10-19)27(25-22)24(28)20-11-7-4-8-12-20/h3-16,23,26H,2,17H2,1H3/t23-/m1/s1. The van der Waals surface area contributed by atoms with Gasteiger partial charge in [-0.1, -0.05) is 60.7 Å². The van der Waals surface area contributed by atoms with Crippen LogP contribution in [-0.4, -0.2) is 30.8 Å². The lowest BCUT2D eigenvalue weighted by atomic mass is 9.98. The van der Waals surface area contributed by atoms with Crippen LogP contribution in [0.3, 0.4) is 0 Å². The average molecular weight is 434 g/mol. The molecular formula is C24H23N3O3S. The molecule has 0 saturated heterocycles. The van der Waals surface area contributed by atoms with Crippen LogP contribution in [0.15, 0.2) is 90.0 Å². The Morgan fingerprint density at radius 1 is 0.968 bits per heavy atom. The van der Waals surface area contributed by atoms with E-state index in [1.165, 1.54) is 0 Å². The highest BCUT2D eigenvalue weighted by Crippen LogP contribution is 2.34. The molecule has 0 spiro atoms. The van der Waals surface area contributed by atoms with Gasteiger partial charge in [0.25, 0.3) is 5.91 Å². The first-order valence-corrected chi connectivity index (χ1v) is 11.7. The van der Waals surface area contributed by atoms with Gasteiger partial charge >= 0.3 is 0 Å². The quantitative estimate of drug-likeness (QED) is 0.624. The molecule has 0 aromatic heterocycles. The molecule has 1 atom stereocenters. The highest BCUT2D eigenvalue weighted by molar-refractivity contribution is 7.92. The van der Waals surface area contributed by atoms with Gasteiger partial charge in [0.05, 0.1) is 17.5 Å². The first kappa shape index (κ1) is 20.8. The molecule has 0 saturated carbocycles. The van der Waals surface area contributed by atoms with Gasteiger partial charge < -0.3 is 0 Å². The molecule has 1 amide bonds. The predicted molar refractivity (Wildman–Crippen MR) is 122 cm³/mol. The number of benzene rings is 3. The van der Waals surface area contributed by atoms with Crippen molar-refractivity contribution in [2.45, 2.75) is 19.4 Å². The lowest BCUT2D eigenvalue weighted by Crippen LogP contribution is -2.27. The average Bonchev–Trinajstić information content (AvgIpc) is 3.25. The Hall–Kier alpha value is -3.45. The van der Waals surface area contributed by atoms with E-state index in [0.29, 0.717) is 17.7 Å². The van der Waals surface area contributed by atoms with Crippen molar-refractivity contribution in [2.75, 3.05) is 10.5 Å². The number of hydrazone groups is 1. The molecule has 158 valence electrons. The van der Waals surface area contributed by atoms with E-state index in [1.54, 1.807) is 36.2 Å². The third kappa shape index (κ3) is 4.67. The Morgan fingerprint density at radius 3 is 2.19 bits per heavy atom. The van der Waals surface area contributed by atoms with Crippen molar-refractivity contribution < 1.29 is 13.2 Å². The van der Waals surface area contributed by atoms with Gasteiger partial charge in [-0.05, 0) is 42.3 Å². The third-order valence-corrected chi connectivity index (χ3v) is 6.50. The summed E-state index contributed by atoms with van der Waals surface area (Å²) in [5.74, 6) is -0.145. The number of nitrogens with one attached hydrogen (secondary N) is 1. The molecule has 0 unspecified atom stereocenters. The molecule has 0 fully saturated rings. The smallest absolute Gasteiger partial charge is 0.274 e. The highest BCUT2D eigenvalue weighted by atomic mass is 32.2. The zero-order valence-electron chi connectivity index (χ0n) is 17.1. The van der Waals surface area contributed by atoms with Gasteiger partial charge in [0.1, 0.15) is 0 Å². The Labute approximate surface area is 182 Å². The Balaban J connectivity index is 1.64. The van der Waals surface area contributed by atoms with Crippen LogP contribution >= 0.6 is 0 Å². The number of amides is 1. The van der Waals surface area contributed by atoms with Crippen molar-refractivity contribution in [1.82, 2.24) is 5.01 Å². The second kappa shape index (κ2) is 8.73. The summed E-state index contributed by atoms with van der Waals surface area (Å²) in [6.45, 7) is 1.59. The summed E-state index contributed by atoms with van der Waals surface area (Å²) in [4.78, 5) is 13.2. The van der Waals surface area contributed by atoms with Crippen molar-refractivity contribution in [1.29, 1.82) is 0 Å². The Bertz CT molecular complexity index is 1190. The lowest BCUT2D eigenvalue weighted by Gasteiger charge is -2.22. The number of anilines is 1. The van der Waals surface area contributed by atoms with Crippen LogP contribution in [-0.2, 0) is 10.0 Å². The summed E-state index contributed by atoms with van der Waals surface area (Å²) in [6, 6.07) is 25.8. The SMILES string of the molecule is CCS(=O)(=O)Nc1ccc(C2=NN(C(=O)c3ccccc3)[C@@H](c3ccccc3)C2)cc1. The molecule has 1 N–H and O–H groups in total. The van der Waals surface area contributed by atoms with E-state index in [9.17, 15) is 13.2 Å². The fourth-order valence-electron chi connectivity index (χ4n) is 3.50. The van der Waals surface area contributed by atoms with Gasteiger partial charge in [-0.2, -0.15) is 5.10 Å². The van der Waals surface area contributed by atoms with Gasteiger partial charge in [0, 0.05) is 17.7 Å². The van der Waals surface area contributed by atoms with Gasteiger partial charge in [0.15, 0.2) is 0 Å². The second-order valence-corrected chi connectivity index (χ2v) is 9.29. The molecule has 3 aromatic carbocycles. The summed E-state index contributed by atoms with van der Waals surface area (Å²) in [5.41, 5.74) is 3.73. The van der Waals surface area contributed by atoms with Crippen LogP contribution in [0.25, 0.3) is 0 Å². The number of rotatable bonds is 6. The maximum atomic E-state index is 13.2. The van der Waals surface area contributed by atoms with Gasteiger partial charge in [-0.15, -0.1) is 0 Å². The van der Waals surface area contributed by atoms with Crippen LogP contribution in [0.2, 0.25) is 0 Å². The lowest BCUT2D eigenvalue weighted by molar-refractivity contribution is 0.0711. The van der Waals surface area contributed by atoms with Crippen molar-refractivity contribution >= 4 is 27.3 Å². The van der Waals surface area contributed by atoms with Crippen molar-refractivity contribution in [3.63, 3.8) is 0 Å². The Kier molecular flexibility index (Phi) is 5.86. The molecule has 0 radical (unpaired) electrons. The zero-order valence-corrected chi connectivity index (χ0v) is 17.9. The molecule has 1 aliphatic heterocycles. The molecule has 0 bridgehead atoms. The van der Waals surface area contributed by atoms with Crippen LogP contribution in [0, 0.1) is 0 Å². The largest absolute Gasteiger partial charge is 0.284 e. The molecule has 6 nitrogen and oxygen atoms in total. The number of carbonyl (C=O) groups is 1. The first-order valence-electron chi connectivity index (χ1n) is 10.1. The minimum Gasteiger partial charge on any atom is -0.284 e.